The maximum Gasteiger partial charge on any atom is 0.222 e. The molecule has 3 nitrogen and oxygen atoms in total. The van der Waals surface area contributed by atoms with Crippen molar-refractivity contribution in [3.8, 4) is 0 Å². The van der Waals surface area contributed by atoms with E-state index in [0.29, 0.717) is 11.8 Å². The Bertz CT molecular complexity index is 224. The molecule has 1 unspecified atom stereocenters. The summed E-state index contributed by atoms with van der Waals surface area (Å²) in [6.45, 7) is 7.55. The average molecular weight is 240 g/mol. The Morgan fingerprint density at radius 1 is 1.41 bits per heavy atom. The molecule has 0 aromatic carbocycles. The summed E-state index contributed by atoms with van der Waals surface area (Å²) in [6, 6.07) is 0. The van der Waals surface area contributed by atoms with Gasteiger partial charge in [-0.15, -0.1) is 0 Å². The Hall–Kier alpha value is -0.570. The molecule has 1 aliphatic rings. The van der Waals surface area contributed by atoms with Crippen molar-refractivity contribution in [3.63, 3.8) is 0 Å². The molecule has 0 saturated carbocycles. The number of nitrogens with zero attached hydrogens (tertiary/aromatic N) is 1. The first kappa shape index (κ1) is 14.5. The summed E-state index contributed by atoms with van der Waals surface area (Å²) in [5.74, 6) is 1.60. The highest BCUT2D eigenvalue weighted by Crippen LogP contribution is 2.24. The summed E-state index contributed by atoms with van der Waals surface area (Å²) in [5, 5.41) is 3.38. The first-order valence-corrected chi connectivity index (χ1v) is 7.09. The maximum atomic E-state index is 12.0. The lowest BCUT2D eigenvalue weighted by Gasteiger charge is -2.29. The number of piperidine rings is 1. The second-order valence-corrected chi connectivity index (χ2v) is 5.44. The maximum absolute atomic E-state index is 12.0. The topological polar surface area (TPSA) is 32.3 Å². The second-order valence-electron chi connectivity index (χ2n) is 5.44. The molecule has 0 bridgehead atoms. The van der Waals surface area contributed by atoms with E-state index in [-0.39, 0.29) is 0 Å². The van der Waals surface area contributed by atoms with Crippen LogP contribution in [0.15, 0.2) is 0 Å². The zero-order valence-electron chi connectivity index (χ0n) is 11.7. The van der Waals surface area contributed by atoms with Gasteiger partial charge in [-0.25, -0.2) is 0 Å². The lowest BCUT2D eigenvalue weighted by atomic mass is 9.84. The van der Waals surface area contributed by atoms with E-state index < -0.39 is 0 Å². The molecule has 1 heterocycles. The highest BCUT2D eigenvalue weighted by Gasteiger charge is 2.22. The van der Waals surface area contributed by atoms with Crippen LogP contribution < -0.4 is 5.32 Å². The van der Waals surface area contributed by atoms with Crippen molar-refractivity contribution in [3.05, 3.63) is 0 Å². The number of unbranched alkanes of at least 4 members (excludes halogenated alkanes) is 1. The van der Waals surface area contributed by atoms with Crippen LogP contribution >= 0.6 is 0 Å². The molecule has 1 saturated heterocycles. The predicted octanol–water partition coefficient (Wildman–Crippen LogP) is 2.27. The van der Waals surface area contributed by atoms with E-state index in [0.717, 1.165) is 44.8 Å². The van der Waals surface area contributed by atoms with Gasteiger partial charge in [0.2, 0.25) is 5.91 Å². The zero-order valence-corrected chi connectivity index (χ0v) is 11.7. The van der Waals surface area contributed by atoms with Crippen LogP contribution in [0.4, 0.5) is 0 Å². The summed E-state index contributed by atoms with van der Waals surface area (Å²) < 4.78 is 0. The van der Waals surface area contributed by atoms with Crippen molar-refractivity contribution in [2.75, 3.05) is 26.7 Å². The van der Waals surface area contributed by atoms with Crippen molar-refractivity contribution in [1.82, 2.24) is 10.2 Å². The smallest absolute Gasteiger partial charge is 0.222 e. The summed E-state index contributed by atoms with van der Waals surface area (Å²) in [4.78, 5) is 13.9. The molecule has 1 N–H and O–H groups in total. The molecule has 3 heteroatoms. The zero-order chi connectivity index (χ0) is 12.7. The standard InChI is InChI=1S/C14H28N2O/c1-4-5-10-16(3)14(17)11-12(2)13-6-8-15-9-7-13/h12-13,15H,4-11H2,1-3H3. The fourth-order valence-corrected chi connectivity index (χ4v) is 2.53. The highest BCUT2D eigenvalue weighted by atomic mass is 16.2. The summed E-state index contributed by atoms with van der Waals surface area (Å²) in [5.41, 5.74) is 0. The number of amides is 1. The van der Waals surface area contributed by atoms with E-state index in [1.807, 2.05) is 11.9 Å². The minimum atomic E-state index is 0.324. The molecule has 0 aromatic heterocycles. The van der Waals surface area contributed by atoms with Crippen LogP contribution in [0.1, 0.15) is 46.0 Å². The minimum absolute atomic E-state index is 0.324. The monoisotopic (exact) mass is 240 g/mol. The number of rotatable bonds is 6. The number of carbonyl (C=O) groups excluding carboxylic acids is 1. The van der Waals surface area contributed by atoms with Gasteiger partial charge in [0, 0.05) is 20.0 Å². The molecule has 0 spiro atoms. The van der Waals surface area contributed by atoms with E-state index in [1.165, 1.54) is 12.8 Å². The molecule has 0 aliphatic carbocycles. The van der Waals surface area contributed by atoms with E-state index in [2.05, 4.69) is 19.2 Å². The van der Waals surface area contributed by atoms with Gasteiger partial charge >= 0.3 is 0 Å². The van der Waals surface area contributed by atoms with Gasteiger partial charge in [0.15, 0.2) is 0 Å². The van der Waals surface area contributed by atoms with E-state index in [9.17, 15) is 4.79 Å². The number of carbonyl (C=O) groups is 1. The van der Waals surface area contributed by atoms with E-state index in [1.54, 1.807) is 0 Å². The largest absolute Gasteiger partial charge is 0.346 e. The van der Waals surface area contributed by atoms with Crippen LogP contribution in [0.3, 0.4) is 0 Å². The van der Waals surface area contributed by atoms with Crippen LogP contribution in [0.25, 0.3) is 0 Å². The fraction of sp³-hybridized carbons (Fsp3) is 0.929. The van der Waals surface area contributed by atoms with Crippen molar-refractivity contribution in [2.24, 2.45) is 11.8 Å². The molecule has 17 heavy (non-hydrogen) atoms. The average Bonchev–Trinajstić information content (AvgIpc) is 2.36. The van der Waals surface area contributed by atoms with E-state index >= 15 is 0 Å². The van der Waals surface area contributed by atoms with Crippen molar-refractivity contribution in [2.45, 2.75) is 46.0 Å². The summed E-state index contributed by atoms with van der Waals surface area (Å²) >= 11 is 0. The van der Waals surface area contributed by atoms with Gasteiger partial charge in [-0.3, -0.25) is 4.79 Å². The lowest BCUT2D eigenvalue weighted by Crippen LogP contribution is -2.34. The summed E-state index contributed by atoms with van der Waals surface area (Å²) in [6.07, 6.45) is 5.45. The molecule has 1 atom stereocenters. The van der Waals surface area contributed by atoms with Crippen molar-refractivity contribution >= 4 is 5.91 Å². The lowest BCUT2D eigenvalue weighted by molar-refractivity contribution is -0.131. The Morgan fingerprint density at radius 3 is 2.65 bits per heavy atom. The molecular formula is C14H28N2O. The van der Waals surface area contributed by atoms with Gasteiger partial charge in [-0.2, -0.15) is 0 Å². The fourth-order valence-electron chi connectivity index (χ4n) is 2.53. The van der Waals surface area contributed by atoms with Crippen LogP contribution in [0.5, 0.6) is 0 Å². The first-order valence-electron chi connectivity index (χ1n) is 7.09. The Balaban J connectivity index is 2.28. The minimum Gasteiger partial charge on any atom is -0.346 e. The highest BCUT2D eigenvalue weighted by molar-refractivity contribution is 5.76. The molecule has 1 rings (SSSR count). The van der Waals surface area contributed by atoms with Crippen LogP contribution in [0.2, 0.25) is 0 Å². The van der Waals surface area contributed by atoms with Crippen LogP contribution in [0, 0.1) is 11.8 Å². The number of nitrogens with one attached hydrogen (secondary N) is 1. The summed E-state index contributed by atoms with van der Waals surface area (Å²) in [7, 11) is 1.94. The van der Waals surface area contributed by atoms with Crippen molar-refractivity contribution in [1.29, 1.82) is 0 Å². The van der Waals surface area contributed by atoms with Gasteiger partial charge in [0.1, 0.15) is 0 Å². The molecule has 0 aromatic rings. The van der Waals surface area contributed by atoms with Crippen LogP contribution in [-0.2, 0) is 4.79 Å². The second kappa shape index (κ2) is 7.70. The third-order valence-corrected chi connectivity index (χ3v) is 3.96. The van der Waals surface area contributed by atoms with Gasteiger partial charge in [-0.1, -0.05) is 20.3 Å². The predicted molar refractivity (Wildman–Crippen MR) is 71.9 cm³/mol. The van der Waals surface area contributed by atoms with Gasteiger partial charge in [0.05, 0.1) is 0 Å². The Kier molecular flexibility index (Phi) is 6.56. The molecule has 0 radical (unpaired) electrons. The molecule has 1 amide bonds. The molecular weight excluding hydrogens is 212 g/mol. The third kappa shape index (κ3) is 5.07. The van der Waals surface area contributed by atoms with Gasteiger partial charge < -0.3 is 10.2 Å². The van der Waals surface area contributed by atoms with Gasteiger partial charge in [0.25, 0.3) is 0 Å². The van der Waals surface area contributed by atoms with Gasteiger partial charge in [-0.05, 0) is 44.2 Å². The molecule has 1 aliphatic heterocycles. The third-order valence-electron chi connectivity index (χ3n) is 3.96. The first-order chi connectivity index (χ1) is 8.15. The normalized spacial score (nSPS) is 19.0. The molecule has 100 valence electrons. The van der Waals surface area contributed by atoms with E-state index in [4.69, 9.17) is 0 Å². The number of hydrogen-bond donors (Lipinski definition) is 1. The van der Waals surface area contributed by atoms with Crippen LogP contribution in [-0.4, -0.2) is 37.5 Å². The number of hydrogen-bond acceptors (Lipinski definition) is 2. The molecule has 1 fully saturated rings. The Labute approximate surface area is 106 Å². The Morgan fingerprint density at radius 2 is 2.06 bits per heavy atom. The SMILES string of the molecule is CCCCN(C)C(=O)CC(C)C1CCNCC1. The van der Waals surface area contributed by atoms with Crippen molar-refractivity contribution < 1.29 is 4.79 Å². The quantitative estimate of drug-likeness (QED) is 0.772.